The number of esters is 1. The molecule has 1 amide bonds. The molecule has 1 unspecified atom stereocenters. The maximum absolute atomic E-state index is 13.9. The largest absolute Gasteiger partial charge is 0.426 e. The molecule has 0 aliphatic heterocycles. The summed E-state index contributed by atoms with van der Waals surface area (Å²) >= 11 is 11.8. The third-order valence-corrected chi connectivity index (χ3v) is 7.41. The Morgan fingerprint density at radius 1 is 0.976 bits per heavy atom. The molecular weight excluding hydrogens is 577 g/mol. The number of aromatic nitrogens is 4. The van der Waals surface area contributed by atoms with Crippen LogP contribution in [-0.4, -0.2) is 44.0 Å². The Labute approximate surface area is 252 Å². The molecule has 0 radical (unpaired) electrons. The zero-order valence-electron chi connectivity index (χ0n) is 23.1. The quantitative estimate of drug-likeness (QED) is 0.250. The molecule has 0 fully saturated rings. The third kappa shape index (κ3) is 6.27. The number of nitrogens with zero attached hydrogens (tertiary/aromatic N) is 4. The van der Waals surface area contributed by atoms with Gasteiger partial charge in [-0.15, -0.1) is 0 Å². The molecule has 1 aromatic carbocycles. The van der Waals surface area contributed by atoms with Crippen LogP contribution in [0.25, 0.3) is 11.3 Å². The second kappa shape index (κ2) is 12.3. The molecule has 9 nitrogen and oxygen atoms in total. The van der Waals surface area contributed by atoms with Crippen molar-refractivity contribution in [2.45, 2.75) is 33.6 Å². The third-order valence-electron chi connectivity index (χ3n) is 6.96. The number of nitrogens with one attached hydrogen (secondary N) is 1. The maximum atomic E-state index is 13.9. The van der Waals surface area contributed by atoms with Crippen molar-refractivity contribution in [2.24, 2.45) is 5.92 Å². The summed E-state index contributed by atoms with van der Waals surface area (Å²) in [6.45, 7) is 6.01. The maximum Gasteiger partial charge on any atom is 0.362 e. The molecule has 5 rings (SSSR count). The average Bonchev–Trinajstić information content (AvgIpc) is 3.52. The van der Waals surface area contributed by atoms with Gasteiger partial charge in [0.2, 0.25) is 0 Å². The van der Waals surface area contributed by atoms with Gasteiger partial charge in [0.25, 0.3) is 5.91 Å². The van der Waals surface area contributed by atoms with Crippen molar-refractivity contribution >= 4 is 46.4 Å². The number of Topliss-reactive ketones (excluding diaryl/α,β-unsaturated/α-hetero) is 1. The van der Waals surface area contributed by atoms with Crippen LogP contribution in [0.4, 0.5) is 0 Å². The molecule has 11 heteroatoms. The van der Waals surface area contributed by atoms with E-state index in [2.05, 4.69) is 20.4 Å². The van der Waals surface area contributed by atoms with Crippen LogP contribution < -0.4 is 5.32 Å². The van der Waals surface area contributed by atoms with E-state index in [1.807, 2.05) is 39.1 Å². The van der Waals surface area contributed by atoms with Gasteiger partial charge < -0.3 is 10.1 Å². The number of carbonyl (C=O) groups excluding carboxylic acids is 3. The standard InChI is InChI=1S/C31H27Cl2N5O4/c1-17-13-37-38(16-17)23-10-18(2)27(19(3)11-23)28-26(42-31(41)25-7-5-22(33)15-36-25)12-20(29(28)39)8-9-34-30(40)24-6-4-21(32)14-35-24/h4-7,10-11,13-16,20H,8-9,12H2,1-3H3,(H,34,40). The number of allylic oxidation sites excluding steroid dienone is 2. The van der Waals surface area contributed by atoms with Gasteiger partial charge in [0, 0.05) is 37.5 Å². The fourth-order valence-corrected chi connectivity index (χ4v) is 5.21. The van der Waals surface area contributed by atoms with Crippen molar-refractivity contribution in [3.05, 3.63) is 111 Å². The van der Waals surface area contributed by atoms with Gasteiger partial charge in [-0.05, 0) is 85.8 Å². The van der Waals surface area contributed by atoms with E-state index >= 15 is 0 Å². The van der Waals surface area contributed by atoms with Gasteiger partial charge in [-0.2, -0.15) is 5.10 Å². The van der Waals surface area contributed by atoms with Gasteiger partial charge in [-0.1, -0.05) is 23.2 Å². The molecular formula is C31H27Cl2N5O4. The normalized spacial score (nSPS) is 14.8. The Balaban J connectivity index is 1.41. The lowest BCUT2D eigenvalue weighted by molar-refractivity contribution is -0.116. The molecule has 0 bridgehead atoms. The van der Waals surface area contributed by atoms with Crippen molar-refractivity contribution in [3.8, 4) is 5.69 Å². The van der Waals surface area contributed by atoms with E-state index in [-0.39, 0.29) is 41.8 Å². The lowest BCUT2D eigenvalue weighted by atomic mass is 9.91. The molecule has 3 aromatic heterocycles. The van der Waals surface area contributed by atoms with Gasteiger partial charge >= 0.3 is 5.97 Å². The lowest BCUT2D eigenvalue weighted by Gasteiger charge is -2.15. The number of halogens is 2. The Kier molecular flexibility index (Phi) is 8.51. The topological polar surface area (TPSA) is 116 Å². The summed E-state index contributed by atoms with van der Waals surface area (Å²) in [7, 11) is 0. The summed E-state index contributed by atoms with van der Waals surface area (Å²) < 4.78 is 7.60. The van der Waals surface area contributed by atoms with Crippen LogP contribution in [-0.2, 0) is 9.53 Å². The highest BCUT2D eigenvalue weighted by Gasteiger charge is 2.37. The highest BCUT2D eigenvalue weighted by molar-refractivity contribution is 6.30. The first-order valence-electron chi connectivity index (χ1n) is 13.2. The Morgan fingerprint density at radius 2 is 1.62 bits per heavy atom. The molecule has 1 aliphatic carbocycles. The fraction of sp³-hybridized carbons (Fsp3) is 0.226. The van der Waals surface area contributed by atoms with Crippen LogP contribution in [0, 0.1) is 26.7 Å². The number of ether oxygens (including phenoxy) is 1. The first-order valence-corrected chi connectivity index (χ1v) is 14.0. The summed E-state index contributed by atoms with van der Waals surface area (Å²) in [6.07, 6.45) is 6.98. The minimum absolute atomic E-state index is 0.0720. The Bertz CT molecular complexity index is 1690. The zero-order chi connectivity index (χ0) is 30.0. The molecule has 1 aliphatic rings. The molecule has 3 heterocycles. The predicted molar refractivity (Wildman–Crippen MR) is 159 cm³/mol. The van der Waals surface area contributed by atoms with Crippen molar-refractivity contribution in [1.82, 2.24) is 25.1 Å². The van der Waals surface area contributed by atoms with E-state index < -0.39 is 11.9 Å². The summed E-state index contributed by atoms with van der Waals surface area (Å²) in [4.78, 5) is 47.5. The van der Waals surface area contributed by atoms with Gasteiger partial charge in [-0.3, -0.25) is 9.59 Å². The average molecular weight is 604 g/mol. The molecule has 0 saturated carbocycles. The number of carbonyl (C=O) groups is 3. The van der Waals surface area contributed by atoms with Crippen LogP contribution in [0.3, 0.4) is 0 Å². The molecule has 214 valence electrons. The van der Waals surface area contributed by atoms with Crippen LogP contribution in [0.2, 0.25) is 10.0 Å². The number of benzene rings is 1. The van der Waals surface area contributed by atoms with Crippen molar-refractivity contribution in [2.75, 3.05) is 6.54 Å². The smallest absolute Gasteiger partial charge is 0.362 e. The second-order valence-electron chi connectivity index (χ2n) is 10.1. The zero-order valence-corrected chi connectivity index (χ0v) is 24.7. The van der Waals surface area contributed by atoms with Crippen LogP contribution in [0.15, 0.2) is 66.9 Å². The van der Waals surface area contributed by atoms with Crippen LogP contribution in [0.1, 0.15) is 56.1 Å². The number of hydrogen-bond acceptors (Lipinski definition) is 7. The second-order valence-corrected chi connectivity index (χ2v) is 11.0. The predicted octanol–water partition coefficient (Wildman–Crippen LogP) is 5.87. The van der Waals surface area contributed by atoms with Gasteiger partial charge in [-0.25, -0.2) is 19.4 Å². The summed E-state index contributed by atoms with van der Waals surface area (Å²) in [5.41, 5.74) is 4.90. The van der Waals surface area contributed by atoms with Crippen LogP contribution in [0.5, 0.6) is 0 Å². The molecule has 1 N–H and O–H groups in total. The number of pyridine rings is 2. The van der Waals surface area contributed by atoms with E-state index in [1.54, 1.807) is 23.0 Å². The first kappa shape index (κ1) is 29.2. The van der Waals surface area contributed by atoms with Crippen molar-refractivity contribution in [1.29, 1.82) is 0 Å². The number of rotatable bonds is 8. The SMILES string of the molecule is Cc1cnn(-c2cc(C)c(C3=C(OC(=O)c4ccc(Cl)cn4)CC(CCNC(=O)c4ccc(Cl)cn4)C3=O)c(C)c2)c1. The van der Waals surface area contributed by atoms with Gasteiger partial charge in [0.1, 0.15) is 17.1 Å². The highest BCUT2D eigenvalue weighted by Crippen LogP contribution is 2.40. The number of ketones is 1. The van der Waals surface area contributed by atoms with Gasteiger partial charge in [0.15, 0.2) is 5.78 Å². The van der Waals surface area contributed by atoms with E-state index in [4.69, 9.17) is 27.9 Å². The van der Waals surface area contributed by atoms with E-state index in [0.717, 1.165) is 22.4 Å². The molecule has 42 heavy (non-hydrogen) atoms. The van der Waals surface area contributed by atoms with E-state index in [1.165, 1.54) is 24.5 Å². The van der Waals surface area contributed by atoms with Gasteiger partial charge in [0.05, 0.1) is 27.5 Å². The van der Waals surface area contributed by atoms with E-state index in [0.29, 0.717) is 27.6 Å². The van der Waals surface area contributed by atoms with Crippen molar-refractivity contribution < 1.29 is 19.1 Å². The number of amides is 1. The lowest BCUT2D eigenvalue weighted by Crippen LogP contribution is -2.27. The van der Waals surface area contributed by atoms with Crippen molar-refractivity contribution in [3.63, 3.8) is 0 Å². The number of aryl methyl sites for hydroxylation is 3. The number of hydrogen-bond donors (Lipinski definition) is 1. The molecule has 0 spiro atoms. The fourth-order valence-electron chi connectivity index (χ4n) is 4.99. The minimum Gasteiger partial charge on any atom is -0.426 e. The minimum atomic E-state index is -0.686. The monoisotopic (exact) mass is 603 g/mol. The Hall–Kier alpha value is -4.34. The Morgan fingerprint density at radius 3 is 2.19 bits per heavy atom. The summed E-state index contributed by atoms with van der Waals surface area (Å²) in [5, 5.41) is 8.01. The van der Waals surface area contributed by atoms with Crippen LogP contribution >= 0.6 is 23.2 Å². The molecule has 1 atom stereocenters. The van der Waals surface area contributed by atoms with E-state index in [9.17, 15) is 14.4 Å². The molecule has 0 saturated heterocycles. The molecule has 4 aromatic rings. The summed E-state index contributed by atoms with van der Waals surface area (Å²) in [6, 6.07) is 10.0. The first-order chi connectivity index (χ1) is 20.1. The highest BCUT2D eigenvalue weighted by atomic mass is 35.5. The summed E-state index contributed by atoms with van der Waals surface area (Å²) in [5.74, 6) is -1.46.